The monoisotopic (exact) mass is 220 g/mol. The van der Waals surface area contributed by atoms with E-state index in [2.05, 4.69) is 15.5 Å². The van der Waals surface area contributed by atoms with Gasteiger partial charge < -0.3 is 15.5 Å². The summed E-state index contributed by atoms with van der Waals surface area (Å²) in [5.74, 6) is 0.920. The fourth-order valence-electron chi connectivity index (χ4n) is 1.27. The first kappa shape index (κ1) is 10.4. The predicted octanol–water partition coefficient (Wildman–Crippen LogP) is 1.02. The van der Waals surface area contributed by atoms with Gasteiger partial charge in [0.15, 0.2) is 11.6 Å². The molecule has 0 saturated heterocycles. The van der Waals surface area contributed by atoms with Crippen molar-refractivity contribution in [2.24, 2.45) is 5.73 Å². The molecule has 0 saturated carbocycles. The number of carbonyl (C=O) groups excluding carboxylic acids is 1. The van der Waals surface area contributed by atoms with Crippen LogP contribution in [0.3, 0.4) is 0 Å². The van der Waals surface area contributed by atoms with Crippen molar-refractivity contribution in [2.45, 2.75) is 13.5 Å². The molecular weight excluding hydrogens is 208 g/mol. The summed E-state index contributed by atoms with van der Waals surface area (Å²) in [6.07, 6.45) is 0. The zero-order chi connectivity index (χ0) is 11.5. The predicted molar refractivity (Wildman–Crippen MR) is 57.9 cm³/mol. The molecule has 2 aromatic rings. The first-order chi connectivity index (χ1) is 7.69. The third kappa shape index (κ3) is 2.12. The van der Waals surface area contributed by atoms with Crippen LogP contribution in [0, 0.1) is 6.92 Å². The molecule has 84 valence electrons. The first-order valence-corrected chi connectivity index (χ1v) is 4.81. The molecule has 0 atom stereocenters. The Kier molecular flexibility index (Phi) is 2.74. The standard InChI is InChI=1S/C10H12N4O2/c1-6-4-9(14-13-6)12-10(15)8-3-2-7(5-11)16-8/h2-4H,5,11H2,1H3,(H2,12,13,14,15). The third-order valence-corrected chi connectivity index (χ3v) is 2.03. The molecule has 0 spiro atoms. The van der Waals surface area contributed by atoms with Crippen LogP contribution in [0.5, 0.6) is 0 Å². The number of carbonyl (C=O) groups is 1. The number of aromatic amines is 1. The average Bonchev–Trinajstić information content (AvgIpc) is 2.87. The molecule has 0 unspecified atom stereocenters. The fourth-order valence-corrected chi connectivity index (χ4v) is 1.27. The van der Waals surface area contributed by atoms with E-state index in [9.17, 15) is 4.79 Å². The Morgan fingerprint density at radius 1 is 1.62 bits per heavy atom. The minimum Gasteiger partial charge on any atom is -0.455 e. The van der Waals surface area contributed by atoms with E-state index in [0.29, 0.717) is 11.6 Å². The highest BCUT2D eigenvalue weighted by molar-refractivity contribution is 6.01. The lowest BCUT2D eigenvalue weighted by Gasteiger charge is -1.97. The first-order valence-electron chi connectivity index (χ1n) is 4.81. The van der Waals surface area contributed by atoms with Gasteiger partial charge in [-0.1, -0.05) is 0 Å². The zero-order valence-electron chi connectivity index (χ0n) is 8.78. The Bertz CT molecular complexity index is 500. The summed E-state index contributed by atoms with van der Waals surface area (Å²) < 4.78 is 5.20. The molecule has 0 bridgehead atoms. The van der Waals surface area contributed by atoms with Crippen molar-refractivity contribution in [3.63, 3.8) is 0 Å². The van der Waals surface area contributed by atoms with Crippen LogP contribution in [0.1, 0.15) is 22.0 Å². The summed E-state index contributed by atoms with van der Waals surface area (Å²) in [6, 6.07) is 4.98. The smallest absolute Gasteiger partial charge is 0.292 e. The van der Waals surface area contributed by atoms with Crippen LogP contribution in [-0.4, -0.2) is 16.1 Å². The maximum Gasteiger partial charge on any atom is 0.292 e. The Hall–Kier alpha value is -2.08. The van der Waals surface area contributed by atoms with Crippen LogP contribution in [0.25, 0.3) is 0 Å². The second kappa shape index (κ2) is 4.19. The molecule has 2 rings (SSSR count). The molecule has 6 nitrogen and oxygen atoms in total. The lowest BCUT2D eigenvalue weighted by Crippen LogP contribution is -2.11. The maximum absolute atomic E-state index is 11.7. The van der Waals surface area contributed by atoms with E-state index in [-0.39, 0.29) is 18.2 Å². The van der Waals surface area contributed by atoms with Gasteiger partial charge in [0.25, 0.3) is 5.91 Å². The number of hydrogen-bond donors (Lipinski definition) is 3. The lowest BCUT2D eigenvalue weighted by molar-refractivity contribution is 0.0994. The molecule has 0 aromatic carbocycles. The summed E-state index contributed by atoms with van der Waals surface area (Å²) in [5.41, 5.74) is 6.25. The number of nitrogens with one attached hydrogen (secondary N) is 2. The second-order valence-corrected chi connectivity index (χ2v) is 3.36. The summed E-state index contributed by atoms with van der Waals surface area (Å²) in [4.78, 5) is 11.7. The quantitative estimate of drug-likeness (QED) is 0.719. The van der Waals surface area contributed by atoms with Crippen molar-refractivity contribution < 1.29 is 9.21 Å². The van der Waals surface area contributed by atoms with Gasteiger partial charge in [0.2, 0.25) is 0 Å². The van der Waals surface area contributed by atoms with Gasteiger partial charge in [-0.2, -0.15) is 5.10 Å². The zero-order valence-corrected chi connectivity index (χ0v) is 8.78. The normalized spacial score (nSPS) is 10.4. The van der Waals surface area contributed by atoms with Gasteiger partial charge in [-0.3, -0.25) is 9.89 Å². The molecule has 4 N–H and O–H groups in total. The van der Waals surface area contributed by atoms with Crippen molar-refractivity contribution in [3.05, 3.63) is 35.4 Å². The van der Waals surface area contributed by atoms with E-state index in [1.165, 1.54) is 0 Å². The topological polar surface area (TPSA) is 96.9 Å². The van der Waals surface area contributed by atoms with Crippen LogP contribution in [-0.2, 0) is 6.54 Å². The Labute approximate surface area is 91.8 Å². The van der Waals surface area contributed by atoms with E-state index >= 15 is 0 Å². The molecule has 2 heterocycles. The Morgan fingerprint density at radius 3 is 3.00 bits per heavy atom. The SMILES string of the molecule is Cc1cc(NC(=O)c2ccc(CN)o2)n[nH]1. The van der Waals surface area contributed by atoms with E-state index in [1.54, 1.807) is 18.2 Å². The van der Waals surface area contributed by atoms with Gasteiger partial charge in [-0.05, 0) is 19.1 Å². The van der Waals surface area contributed by atoms with Crippen molar-refractivity contribution in [1.29, 1.82) is 0 Å². The molecule has 0 aliphatic carbocycles. The summed E-state index contributed by atoms with van der Waals surface area (Å²) in [6.45, 7) is 2.12. The highest BCUT2D eigenvalue weighted by Crippen LogP contribution is 2.10. The summed E-state index contributed by atoms with van der Waals surface area (Å²) in [7, 11) is 0. The van der Waals surface area contributed by atoms with Crippen LogP contribution >= 0.6 is 0 Å². The average molecular weight is 220 g/mol. The largest absolute Gasteiger partial charge is 0.455 e. The van der Waals surface area contributed by atoms with Crippen molar-refractivity contribution in [1.82, 2.24) is 10.2 Å². The number of aromatic nitrogens is 2. The fraction of sp³-hybridized carbons (Fsp3) is 0.200. The van der Waals surface area contributed by atoms with Gasteiger partial charge in [0.1, 0.15) is 5.76 Å². The number of anilines is 1. The number of H-pyrrole nitrogens is 1. The number of rotatable bonds is 3. The molecule has 16 heavy (non-hydrogen) atoms. The highest BCUT2D eigenvalue weighted by Gasteiger charge is 2.11. The van der Waals surface area contributed by atoms with Gasteiger partial charge in [-0.15, -0.1) is 0 Å². The maximum atomic E-state index is 11.7. The van der Waals surface area contributed by atoms with Crippen molar-refractivity contribution in [3.8, 4) is 0 Å². The van der Waals surface area contributed by atoms with Gasteiger partial charge in [-0.25, -0.2) is 0 Å². The Balaban J connectivity index is 2.08. The number of aryl methyl sites for hydroxylation is 1. The second-order valence-electron chi connectivity index (χ2n) is 3.36. The van der Waals surface area contributed by atoms with E-state index in [1.807, 2.05) is 6.92 Å². The Morgan fingerprint density at radius 2 is 2.44 bits per heavy atom. The molecule has 0 aliphatic heterocycles. The highest BCUT2D eigenvalue weighted by atomic mass is 16.4. The number of amides is 1. The van der Waals surface area contributed by atoms with E-state index in [0.717, 1.165) is 5.69 Å². The molecule has 2 aromatic heterocycles. The summed E-state index contributed by atoms with van der Waals surface area (Å²) >= 11 is 0. The lowest BCUT2D eigenvalue weighted by atomic mass is 10.4. The van der Waals surface area contributed by atoms with Gasteiger partial charge in [0, 0.05) is 11.8 Å². The molecule has 1 amide bonds. The molecule has 0 radical (unpaired) electrons. The van der Waals surface area contributed by atoms with Crippen molar-refractivity contribution in [2.75, 3.05) is 5.32 Å². The van der Waals surface area contributed by atoms with Gasteiger partial charge in [0.05, 0.1) is 6.54 Å². The van der Waals surface area contributed by atoms with Crippen molar-refractivity contribution >= 4 is 11.7 Å². The minimum absolute atomic E-state index is 0.223. The molecule has 0 fully saturated rings. The van der Waals surface area contributed by atoms with Gasteiger partial charge >= 0.3 is 0 Å². The third-order valence-electron chi connectivity index (χ3n) is 2.03. The van der Waals surface area contributed by atoms with Crippen LogP contribution in [0.15, 0.2) is 22.6 Å². The van der Waals surface area contributed by atoms with Crippen LogP contribution in [0.2, 0.25) is 0 Å². The number of nitrogens with zero attached hydrogens (tertiary/aromatic N) is 1. The number of nitrogens with two attached hydrogens (primary N) is 1. The van der Waals surface area contributed by atoms with E-state index in [4.69, 9.17) is 10.2 Å². The minimum atomic E-state index is -0.341. The number of furan rings is 1. The molecule has 6 heteroatoms. The number of hydrogen-bond acceptors (Lipinski definition) is 4. The van der Waals surface area contributed by atoms with Crippen LogP contribution in [0.4, 0.5) is 5.82 Å². The van der Waals surface area contributed by atoms with Crippen LogP contribution < -0.4 is 11.1 Å². The van der Waals surface area contributed by atoms with E-state index < -0.39 is 0 Å². The molecule has 0 aliphatic rings. The molecular formula is C10H12N4O2. The summed E-state index contributed by atoms with van der Waals surface area (Å²) in [5, 5.41) is 9.21.